The molecule has 5 nitrogen and oxygen atoms in total. The van der Waals surface area contributed by atoms with Crippen LogP contribution in [0.3, 0.4) is 0 Å². The van der Waals surface area contributed by atoms with E-state index in [0.29, 0.717) is 6.42 Å². The van der Waals surface area contributed by atoms with Crippen molar-refractivity contribution in [1.29, 1.82) is 0 Å². The van der Waals surface area contributed by atoms with Crippen molar-refractivity contribution in [3.05, 3.63) is 96.1 Å². The lowest BCUT2D eigenvalue weighted by Crippen LogP contribution is -2.24. The predicted molar refractivity (Wildman–Crippen MR) is 129 cm³/mol. The van der Waals surface area contributed by atoms with E-state index in [-0.39, 0.29) is 18.2 Å². The van der Waals surface area contributed by atoms with E-state index in [1.54, 1.807) is 0 Å². The molecule has 0 aliphatic carbocycles. The number of hydrogen-bond acceptors (Lipinski definition) is 4. The van der Waals surface area contributed by atoms with E-state index >= 15 is 0 Å². The van der Waals surface area contributed by atoms with Crippen LogP contribution in [0.5, 0.6) is 0 Å². The number of likely N-dealkylation sites (N-methyl/N-ethyl adjacent to an activating group) is 1. The number of imidazole rings is 1. The maximum atomic E-state index is 11.8. The Balaban J connectivity index is 1.63. The Morgan fingerprint density at radius 2 is 1.94 bits per heavy atom. The molecule has 2 aliphatic heterocycles. The van der Waals surface area contributed by atoms with Crippen molar-refractivity contribution < 1.29 is 4.79 Å². The standard InChI is InChI=1S/C27H26N4O/c1-18-13-23(32)15-28-26(18)21-11-12-25-24(14-21)29-27(22-10-9-19(2)30(3)17-22)31(25)16-20-7-5-4-6-8-20/h4-12,14,17-18H,2,13,15-16H2,1,3H3. The molecule has 0 fully saturated rings. The van der Waals surface area contributed by atoms with Crippen LogP contribution in [0.15, 0.2) is 84.2 Å². The third-order valence-electron chi connectivity index (χ3n) is 6.15. The minimum Gasteiger partial charge on any atom is -0.351 e. The molecule has 5 rings (SSSR count). The number of ketones is 1. The number of nitrogens with zero attached hydrogens (tertiary/aromatic N) is 4. The summed E-state index contributed by atoms with van der Waals surface area (Å²) in [5, 5.41) is 0. The lowest BCUT2D eigenvalue weighted by Gasteiger charge is -2.20. The average molecular weight is 423 g/mol. The number of carbonyl (C=O) groups excluding carboxylic acids is 1. The van der Waals surface area contributed by atoms with E-state index in [2.05, 4.69) is 77.8 Å². The van der Waals surface area contributed by atoms with Crippen molar-refractivity contribution in [2.75, 3.05) is 13.6 Å². The Morgan fingerprint density at radius 1 is 1.12 bits per heavy atom. The molecule has 160 valence electrons. The molecular formula is C27H26N4O. The molecular weight excluding hydrogens is 396 g/mol. The van der Waals surface area contributed by atoms with Crippen molar-refractivity contribution in [2.45, 2.75) is 19.9 Å². The fraction of sp³-hybridized carbons (Fsp3) is 0.222. The Hall–Kier alpha value is -3.73. The third kappa shape index (κ3) is 3.71. The Morgan fingerprint density at radius 3 is 2.69 bits per heavy atom. The van der Waals surface area contributed by atoms with Crippen LogP contribution < -0.4 is 0 Å². The van der Waals surface area contributed by atoms with Gasteiger partial charge in [0.05, 0.1) is 17.6 Å². The van der Waals surface area contributed by atoms with E-state index in [1.165, 1.54) is 5.56 Å². The summed E-state index contributed by atoms with van der Waals surface area (Å²) in [6, 6.07) is 16.8. The van der Waals surface area contributed by atoms with Gasteiger partial charge in [-0.2, -0.15) is 0 Å². The number of aromatic nitrogens is 2. The predicted octanol–water partition coefficient (Wildman–Crippen LogP) is 4.84. The van der Waals surface area contributed by atoms with Crippen LogP contribution in [0.1, 0.15) is 30.3 Å². The molecule has 1 aromatic heterocycles. The second kappa shape index (κ2) is 8.08. The Kier molecular flexibility index (Phi) is 5.10. The van der Waals surface area contributed by atoms with Gasteiger partial charge in [0.15, 0.2) is 5.78 Å². The summed E-state index contributed by atoms with van der Waals surface area (Å²) in [7, 11) is 2.00. The van der Waals surface area contributed by atoms with Crippen molar-refractivity contribution in [2.24, 2.45) is 10.9 Å². The van der Waals surface area contributed by atoms with Gasteiger partial charge in [-0.1, -0.05) is 49.9 Å². The maximum absolute atomic E-state index is 11.8. The van der Waals surface area contributed by atoms with Crippen molar-refractivity contribution in [1.82, 2.24) is 14.5 Å². The molecule has 0 saturated carbocycles. The van der Waals surface area contributed by atoms with E-state index < -0.39 is 0 Å². The summed E-state index contributed by atoms with van der Waals surface area (Å²) in [6.07, 6.45) is 6.72. The molecule has 3 heterocycles. The smallest absolute Gasteiger partial charge is 0.154 e. The maximum Gasteiger partial charge on any atom is 0.154 e. The van der Waals surface area contributed by atoms with Crippen LogP contribution in [0.4, 0.5) is 0 Å². The first-order valence-corrected chi connectivity index (χ1v) is 10.9. The highest BCUT2D eigenvalue weighted by Gasteiger charge is 2.23. The molecule has 32 heavy (non-hydrogen) atoms. The fourth-order valence-corrected chi connectivity index (χ4v) is 4.41. The minimum atomic E-state index is 0.128. The van der Waals surface area contributed by atoms with Crippen LogP contribution in [-0.2, 0) is 11.3 Å². The van der Waals surface area contributed by atoms with Crippen LogP contribution in [0.25, 0.3) is 16.6 Å². The van der Waals surface area contributed by atoms with Gasteiger partial charge in [0.1, 0.15) is 5.82 Å². The van der Waals surface area contributed by atoms with Gasteiger partial charge in [-0.3, -0.25) is 9.79 Å². The number of aliphatic imine (C=N–C) groups is 1. The van der Waals surface area contributed by atoms with E-state index in [4.69, 9.17) is 4.98 Å². The third-order valence-corrected chi connectivity index (χ3v) is 6.15. The molecule has 5 heteroatoms. The first-order valence-electron chi connectivity index (χ1n) is 10.9. The van der Waals surface area contributed by atoms with E-state index in [1.807, 2.05) is 24.1 Å². The molecule has 1 unspecified atom stereocenters. The molecule has 1 atom stereocenters. The highest BCUT2D eigenvalue weighted by molar-refractivity contribution is 6.08. The molecule has 0 spiro atoms. The largest absolute Gasteiger partial charge is 0.351 e. The number of fused-ring (bicyclic) bond motifs is 1. The number of benzene rings is 2. The number of carbonyl (C=O) groups is 1. The SMILES string of the molecule is C=C1C=CC(c2nc3cc(C4=NCC(=O)CC4C)ccc3n2Cc2ccccc2)=CN1C. The lowest BCUT2D eigenvalue weighted by molar-refractivity contribution is -0.118. The summed E-state index contributed by atoms with van der Waals surface area (Å²) < 4.78 is 2.27. The van der Waals surface area contributed by atoms with Crippen LogP contribution in [-0.4, -0.2) is 39.5 Å². The Bertz CT molecular complexity index is 1310. The second-order valence-electron chi connectivity index (χ2n) is 8.58. The molecule has 2 aromatic carbocycles. The summed E-state index contributed by atoms with van der Waals surface area (Å²) in [6.45, 7) is 7.14. The minimum absolute atomic E-state index is 0.128. The highest BCUT2D eigenvalue weighted by atomic mass is 16.1. The van der Waals surface area contributed by atoms with E-state index in [9.17, 15) is 4.79 Å². The molecule has 3 aromatic rings. The lowest BCUT2D eigenvalue weighted by atomic mass is 9.91. The molecule has 0 saturated heterocycles. The fourth-order valence-electron chi connectivity index (χ4n) is 4.41. The van der Waals surface area contributed by atoms with Gasteiger partial charge in [0.25, 0.3) is 0 Å². The number of Topliss-reactive ketones (excluding diaryl/α,β-unsaturated/α-hetero) is 1. The van der Waals surface area contributed by atoms with Crippen LogP contribution >= 0.6 is 0 Å². The van der Waals surface area contributed by atoms with Gasteiger partial charge in [0.2, 0.25) is 0 Å². The number of rotatable bonds is 4. The zero-order valence-corrected chi connectivity index (χ0v) is 18.5. The van der Waals surface area contributed by atoms with Gasteiger partial charge in [-0.25, -0.2) is 4.98 Å². The number of allylic oxidation sites excluding steroid dienone is 3. The van der Waals surface area contributed by atoms with Gasteiger partial charge >= 0.3 is 0 Å². The van der Waals surface area contributed by atoms with Gasteiger partial charge in [-0.15, -0.1) is 0 Å². The van der Waals surface area contributed by atoms with Crippen molar-refractivity contribution >= 4 is 28.1 Å². The number of hydrogen-bond donors (Lipinski definition) is 0. The monoisotopic (exact) mass is 422 g/mol. The van der Waals surface area contributed by atoms with Gasteiger partial charge in [-0.05, 0) is 35.4 Å². The second-order valence-corrected chi connectivity index (χ2v) is 8.58. The first kappa shape index (κ1) is 20.2. The first-order chi connectivity index (χ1) is 15.5. The molecule has 0 bridgehead atoms. The average Bonchev–Trinajstić information content (AvgIpc) is 3.14. The quantitative estimate of drug-likeness (QED) is 0.605. The van der Waals surface area contributed by atoms with Crippen LogP contribution in [0, 0.1) is 5.92 Å². The summed E-state index contributed by atoms with van der Waals surface area (Å²) >= 11 is 0. The highest BCUT2D eigenvalue weighted by Crippen LogP contribution is 2.29. The summed E-state index contributed by atoms with van der Waals surface area (Å²) in [5.74, 6) is 1.26. The molecule has 0 amide bonds. The normalized spacial score (nSPS) is 18.8. The molecule has 0 radical (unpaired) electrons. The zero-order chi connectivity index (χ0) is 22.2. The van der Waals surface area contributed by atoms with Gasteiger partial charge < -0.3 is 9.47 Å². The summed E-state index contributed by atoms with van der Waals surface area (Å²) in [5.41, 5.74) is 7.27. The van der Waals surface area contributed by atoms with Crippen molar-refractivity contribution in [3.63, 3.8) is 0 Å². The van der Waals surface area contributed by atoms with E-state index in [0.717, 1.165) is 45.9 Å². The van der Waals surface area contributed by atoms with Crippen molar-refractivity contribution in [3.8, 4) is 0 Å². The zero-order valence-electron chi connectivity index (χ0n) is 18.5. The van der Waals surface area contributed by atoms with Gasteiger partial charge in [0, 0.05) is 49.1 Å². The Labute approximate surface area is 188 Å². The summed E-state index contributed by atoms with van der Waals surface area (Å²) in [4.78, 5) is 23.4. The molecule has 0 N–H and O–H groups in total. The molecule has 2 aliphatic rings. The topological polar surface area (TPSA) is 50.5 Å². The van der Waals surface area contributed by atoms with Crippen LogP contribution in [0.2, 0.25) is 0 Å².